The molecule has 0 aliphatic carbocycles. The third-order valence-corrected chi connectivity index (χ3v) is 3.43. The number of carbonyl (C=O) groups is 1. The van der Waals surface area contributed by atoms with Gasteiger partial charge in [0.2, 0.25) is 0 Å². The lowest BCUT2D eigenvalue weighted by Gasteiger charge is -2.14. The first-order chi connectivity index (χ1) is 8.50. The minimum Gasteiger partial charge on any atom is -0.350 e. The van der Waals surface area contributed by atoms with Gasteiger partial charge in [0.1, 0.15) is 4.60 Å². The molecular formula is C14H21BrN2O. The second-order valence-corrected chi connectivity index (χ2v) is 5.79. The summed E-state index contributed by atoms with van der Waals surface area (Å²) in [6.45, 7) is 6.48. The van der Waals surface area contributed by atoms with Crippen LogP contribution in [0, 0.1) is 5.92 Å². The van der Waals surface area contributed by atoms with Crippen molar-refractivity contribution >= 4 is 21.8 Å². The van der Waals surface area contributed by atoms with Crippen LogP contribution in [0.15, 0.2) is 22.9 Å². The Balaban J connectivity index is 2.43. The lowest BCUT2D eigenvalue weighted by molar-refractivity contribution is 0.0936. The number of pyridine rings is 1. The Morgan fingerprint density at radius 1 is 1.39 bits per heavy atom. The Morgan fingerprint density at radius 3 is 2.72 bits per heavy atom. The fourth-order valence-electron chi connectivity index (χ4n) is 1.76. The molecule has 0 saturated heterocycles. The predicted octanol–water partition coefficient (Wildman–Crippen LogP) is 3.79. The molecule has 0 spiro atoms. The van der Waals surface area contributed by atoms with Gasteiger partial charge in [-0.2, -0.15) is 0 Å². The zero-order valence-electron chi connectivity index (χ0n) is 11.2. The zero-order chi connectivity index (χ0) is 13.5. The number of nitrogens with zero attached hydrogens (tertiary/aromatic N) is 1. The van der Waals surface area contributed by atoms with E-state index >= 15 is 0 Å². The lowest BCUT2D eigenvalue weighted by atomic mass is 10.0. The largest absolute Gasteiger partial charge is 0.350 e. The summed E-state index contributed by atoms with van der Waals surface area (Å²) < 4.78 is 0.594. The highest BCUT2D eigenvalue weighted by Gasteiger charge is 2.12. The van der Waals surface area contributed by atoms with E-state index in [0.29, 0.717) is 10.2 Å². The second-order valence-electron chi connectivity index (χ2n) is 5.04. The summed E-state index contributed by atoms with van der Waals surface area (Å²) in [6, 6.07) is 3.74. The lowest BCUT2D eigenvalue weighted by Crippen LogP contribution is -2.32. The topological polar surface area (TPSA) is 42.0 Å². The fourth-order valence-corrected chi connectivity index (χ4v) is 2.19. The van der Waals surface area contributed by atoms with Crippen LogP contribution in [-0.4, -0.2) is 16.9 Å². The van der Waals surface area contributed by atoms with E-state index < -0.39 is 0 Å². The first kappa shape index (κ1) is 15.2. The van der Waals surface area contributed by atoms with Gasteiger partial charge in [-0.05, 0) is 47.3 Å². The summed E-state index contributed by atoms with van der Waals surface area (Å²) in [5.74, 6) is 0.660. The Kier molecular flexibility index (Phi) is 6.33. The van der Waals surface area contributed by atoms with Gasteiger partial charge in [0.15, 0.2) is 0 Å². The van der Waals surface area contributed by atoms with E-state index in [1.807, 2.05) is 6.92 Å². The molecule has 0 aromatic carbocycles. The van der Waals surface area contributed by atoms with Crippen molar-refractivity contribution in [2.75, 3.05) is 0 Å². The van der Waals surface area contributed by atoms with Gasteiger partial charge in [0.25, 0.3) is 5.91 Å². The predicted molar refractivity (Wildman–Crippen MR) is 77.6 cm³/mol. The number of hydrogen-bond acceptors (Lipinski definition) is 2. The van der Waals surface area contributed by atoms with Crippen molar-refractivity contribution in [2.45, 2.75) is 46.1 Å². The molecule has 0 fully saturated rings. The molecule has 1 aromatic rings. The Hall–Kier alpha value is -0.900. The monoisotopic (exact) mass is 312 g/mol. The van der Waals surface area contributed by atoms with Gasteiger partial charge in [0, 0.05) is 12.2 Å². The number of rotatable bonds is 6. The minimum absolute atomic E-state index is 0.0629. The molecule has 3 nitrogen and oxygen atoms in total. The molecule has 0 bridgehead atoms. The van der Waals surface area contributed by atoms with Gasteiger partial charge in [0.05, 0.1) is 5.56 Å². The molecule has 1 N–H and O–H groups in total. The molecule has 1 rings (SSSR count). The first-order valence-electron chi connectivity index (χ1n) is 6.42. The van der Waals surface area contributed by atoms with E-state index in [9.17, 15) is 4.79 Å². The molecule has 1 unspecified atom stereocenters. The van der Waals surface area contributed by atoms with Crippen molar-refractivity contribution in [3.8, 4) is 0 Å². The van der Waals surface area contributed by atoms with E-state index in [4.69, 9.17) is 0 Å². The first-order valence-corrected chi connectivity index (χ1v) is 7.21. The van der Waals surface area contributed by atoms with E-state index in [2.05, 4.69) is 40.1 Å². The maximum Gasteiger partial charge on any atom is 0.254 e. The van der Waals surface area contributed by atoms with Crippen LogP contribution in [0.25, 0.3) is 0 Å². The molecular weight excluding hydrogens is 292 g/mol. The van der Waals surface area contributed by atoms with Crippen molar-refractivity contribution in [1.29, 1.82) is 0 Å². The van der Waals surface area contributed by atoms with Gasteiger partial charge >= 0.3 is 0 Å². The number of carbonyl (C=O) groups excluding carboxylic acids is 1. The fraction of sp³-hybridized carbons (Fsp3) is 0.571. The summed E-state index contributed by atoms with van der Waals surface area (Å²) >= 11 is 3.29. The van der Waals surface area contributed by atoms with Crippen molar-refractivity contribution in [2.24, 2.45) is 5.92 Å². The quantitative estimate of drug-likeness (QED) is 0.812. The molecule has 1 heterocycles. The number of halogens is 1. The highest BCUT2D eigenvalue weighted by Crippen LogP contribution is 2.13. The third kappa shape index (κ3) is 5.17. The highest BCUT2D eigenvalue weighted by molar-refractivity contribution is 9.10. The van der Waals surface area contributed by atoms with E-state index in [-0.39, 0.29) is 11.9 Å². The van der Waals surface area contributed by atoms with Crippen LogP contribution in [0.2, 0.25) is 0 Å². The van der Waals surface area contributed by atoms with Crippen molar-refractivity contribution in [3.05, 3.63) is 28.5 Å². The summed E-state index contributed by atoms with van der Waals surface area (Å²) in [7, 11) is 0. The average Bonchev–Trinajstić information content (AvgIpc) is 2.28. The zero-order valence-corrected chi connectivity index (χ0v) is 12.8. The molecule has 0 saturated carbocycles. The normalized spacial score (nSPS) is 12.5. The van der Waals surface area contributed by atoms with Crippen LogP contribution >= 0.6 is 15.9 Å². The van der Waals surface area contributed by atoms with Crippen LogP contribution in [0.5, 0.6) is 0 Å². The number of hydrogen-bond donors (Lipinski definition) is 1. The molecule has 1 atom stereocenters. The Bertz CT molecular complexity index is 393. The van der Waals surface area contributed by atoms with Gasteiger partial charge < -0.3 is 5.32 Å². The Morgan fingerprint density at radius 2 is 2.11 bits per heavy atom. The van der Waals surface area contributed by atoms with Crippen molar-refractivity contribution in [3.63, 3.8) is 0 Å². The molecule has 100 valence electrons. The van der Waals surface area contributed by atoms with Crippen LogP contribution < -0.4 is 5.32 Å². The Labute approximate surface area is 118 Å². The van der Waals surface area contributed by atoms with Crippen LogP contribution in [0.4, 0.5) is 0 Å². The molecule has 0 aliphatic heterocycles. The molecule has 0 radical (unpaired) electrons. The standard InChI is InChI=1S/C14H21BrN2O/c1-10(2)6-4-7-11(3)17-14(18)12-8-5-9-16-13(12)15/h5,8-11H,4,6-7H2,1-3H3,(H,17,18). The SMILES string of the molecule is CC(C)CCCC(C)NC(=O)c1cccnc1Br. The highest BCUT2D eigenvalue weighted by atomic mass is 79.9. The maximum absolute atomic E-state index is 12.0. The number of nitrogens with one attached hydrogen (secondary N) is 1. The number of amides is 1. The molecule has 1 amide bonds. The number of aromatic nitrogens is 1. The third-order valence-electron chi connectivity index (χ3n) is 2.80. The maximum atomic E-state index is 12.0. The summed E-state index contributed by atoms with van der Waals surface area (Å²) in [6.07, 6.45) is 5.03. The van der Waals surface area contributed by atoms with Gasteiger partial charge in [-0.25, -0.2) is 4.98 Å². The van der Waals surface area contributed by atoms with Crippen molar-refractivity contribution < 1.29 is 4.79 Å². The summed E-state index contributed by atoms with van der Waals surface area (Å²) in [5, 5.41) is 3.00. The van der Waals surface area contributed by atoms with E-state index in [1.165, 1.54) is 6.42 Å². The molecule has 18 heavy (non-hydrogen) atoms. The van der Waals surface area contributed by atoms with E-state index in [0.717, 1.165) is 18.8 Å². The molecule has 1 aromatic heterocycles. The van der Waals surface area contributed by atoms with Crippen LogP contribution in [0.3, 0.4) is 0 Å². The van der Waals surface area contributed by atoms with Crippen LogP contribution in [0.1, 0.15) is 50.4 Å². The second kappa shape index (κ2) is 7.52. The van der Waals surface area contributed by atoms with E-state index in [1.54, 1.807) is 18.3 Å². The smallest absolute Gasteiger partial charge is 0.254 e. The van der Waals surface area contributed by atoms with Crippen LogP contribution in [-0.2, 0) is 0 Å². The summed E-state index contributed by atoms with van der Waals surface area (Å²) in [4.78, 5) is 16.0. The summed E-state index contributed by atoms with van der Waals surface area (Å²) in [5.41, 5.74) is 0.591. The molecule has 0 aliphatic rings. The molecule has 4 heteroatoms. The average molecular weight is 313 g/mol. The van der Waals surface area contributed by atoms with Gasteiger partial charge in [-0.15, -0.1) is 0 Å². The van der Waals surface area contributed by atoms with Gasteiger partial charge in [-0.1, -0.05) is 26.7 Å². The minimum atomic E-state index is -0.0629. The van der Waals surface area contributed by atoms with Gasteiger partial charge in [-0.3, -0.25) is 4.79 Å². The van der Waals surface area contributed by atoms with Crippen molar-refractivity contribution in [1.82, 2.24) is 10.3 Å².